The Balaban J connectivity index is 1.51. The van der Waals surface area contributed by atoms with Crippen LogP contribution in [0.5, 0.6) is 5.75 Å². The second-order valence-electron chi connectivity index (χ2n) is 6.16. The molecular weight excluding hydrogens is 248 g/mol. The Kier molecular flexibility index (Phi) is 4.58. The summed E-state index contributed by atoms with van der Waals surface area (Å²) in [5, 5.41) is 3.32. The van der Waals surface area contributed by atoms with E-state index in [1.165, 1.54) is 50.0 Å². The molecule has 0 aromatic heterocycles. The molecule has 20 heavy (non-hydrogen) atoms. The molecule has 0 aliphatic carbocycles. The lowest BCUT2D eigenvalue weighted by atomic mass is 9.97. The van der Waals surface area contributed by atoms with Crippen LogP contribution in [0.4, 0.5) is 0 Å². The highest BCUT2D eigenvalue weighted by molar-refractivity contribution is 5.39. The molecular formula is C17H26N2O. The molecule has 1 unspecified atom stereocenters. The van der Waals surface area contributed by atoms with E-state index in [1.807, 2.05) is 0 Å². The summed E-state index contributed by atoms with van der Waals surface area (Å²) in [6, 6.07) is 6.73. The van der Waals surface area contributed by atoms with E-state index in [0.29, 0.717) is 0 Å². The van der Waals surface area contributed by atoms with Gasteiger partial charge in [-0.05, 0) is 62.5 Å². The van der Waals surface area contributed by atoms with E-state index in [0.717, 1.165) is 31.2 Å². The summed E-state index contributed by atoms with van der Waals surface area (Å²) < 4.78 is 5.57. The van der Waals surface area contributed by atoms with Crippen LogP contribution in [0.25, 0.3) is 0 Å². The molecule has 1 fully saturated rings. The smallest absolute Gasteiger partial charge is 0.122 e. The molecule has 2 aliphatic heterocycles. The number of hydrogen-bond acceptors (Lipinski definition) is 3. The first-order valence-corrected chi connectivity index (χ1v) is 7.96. The molecule has 3 nitrogen and oxygen atoms in total. The maximum absolute atomic E-state index is 5.57. The normalized spacial score (nSPS) is 22.6. The molecule has 3 rings (SSSR count). The number of ether oxygens (including phenoxy) is 1. The standard InChI is InChI=1S/C17H26N2O/c1-18-12-15-3-2-8-19(13-15)9-6-14-4-5-17-16(11-14)7-10-20-17/h4-5,11,15,18H,2-3,6-10,12-13H2,1H3. The van der Waals surface area contributed by atoms with Gasteiger partial charge in [0.15, 0.2) is 0 Å². The van der Waals surface area contributed by atoms with E-state index in [9.17, 15) is 0 Å². The summed E-state index contributed by atoms with van der Waals surface area (Å²) in [6.45, 7) is 5.74. The molecule has 0 radical (unpaired) electrons. The van der Waals surface area contributed by atoms with E-state index in [4.69, 9.17) is 4.74 Å². The zero-order chi connectivity index (χ0) is 13.8. The molecule has 110 valence electrons. The quantitative estimate of drug-likeness (QED) is 0.890. The van der Waals surface area contributed by atoms with Crippen LogP contribution in [-0.2, 0) is 12.8 Å². The third-order valence-electron chi connectivity index (χ3n) is 4.57. The molecule has 1 aromatic carbocycles. The van der Waals surface area contributed by atoms with Crippen LogP contribution in [0.2, 0.25) is 0 Å². The fourth-order valence-corrected chi connectivity index (χ4v) is 3.49. The van der Waals surface area contributed by atoms with E-state index >= 15 is 0 Å². The SMILES string of the molecule is CNCC1CCCN(CCc2ccc3c(c2)CCO3)C1. The summed E-state index contributed by atoms with van der Waals surface area (Å²) >= 11 is 0. The van der Waals surface area contributed by atoms with Gasteiger partial charge >= 0.3 is 0 Å². The van der Waals surface area contributed by atoms with Crippen molar-refractivity contribution in [2.75, 3.05) is 39.8 Å². The minimum Gasteiger partial charge on any atom is -0.493 e. The van der Waals surface area contributed by atoms with E-state index in [1.54, 1.807) is 0 Å². The number of hydrogen-bond donors (Lipinski definition) is 1. The van der Waals surface area contributed by atoms with E-state index in [2.05, 4.69) is 35.5 Å². The minimum absolute atomic E-state index is 0.835. The van der Waals surface area contributed by atoms with Crippen molar-refractivity contribution in [3.63, 3.8) is 0 Å². The lowest BCUT2D eigenvalue weighted by Crippen LogP contribution is -2.39. The third-order valence-corrected chi connectivity index (χ3v) is 4.57. The molecule has 1 aromatic rings. The Bertz CT molecular complexity index is 445. The van der Waals surface area contributed by atoms with Crippen LogP contribution in [-0.4, -0.2) is 44.7 Å². The Morgan fingerprint density at radius 3 is 3.25 bits per heavy atom. The Morgan fingerprint density at radius 2 is 2.35 bits per heavy atom. The Morgan fingerprint density at radius 1 is 1.40 bits per heavy atom. The summed E-state index contributed by atoms with van der Waals surface area (Å²) in [5.74, 6) is 1.93. The van der Waals surface area contributed by atoms with Gasteiger partial charge in [-0.15, -0.1) is 0 Å². The zero-order valence-electron chi connectivity index (χ0n) is 12.5. The van der Waals surface area contributed by atoms with Gasteiger partial charge in [0.25, 0.3) is 0 Å². The van der Waals surface area contributed by atoms with Crippen LogP contribution in [0.15, 0.2) is 18.2 Å². The summed E-state index contributed by atoms with van der Waals surface area (Å²) in [5.41, 5.74) is 2.86. The second kappa shape index (κ2) is 6.59. The first-order chi connectivity index (χ1) is 9.85. The predicted molar refractivity (Wildman–Crippen MR) is 82.4 cm³/mol. The number of benzene rings is 1. The van der Waals surface area contributed by atoms with Crippen molar-refractivity contribution < 1.29 is 4.74 Å². The van der Waals surface area contributed by atoms with Crippen molar-refractivity contribution in [2.24, 2.45) is 5.92 Å². The fraction of sp³-hybridized carbons (Fsp3) is 0.647. The van der Waals surface area contributed by atoms with Gasteiger partial charge in [0, 0.05) is 19.5 Å². The largest absolute Gasteiger partial charge is 0.493 e. The summed E-state index contributed by atoms with van der Waals surface area (Å²) in [4.78, 5) is 2.63. The number of nitrogens with zero attached hydrogens (tertiary/aromatic N) is 1. The molecule has 0 bridgehead atoms. The highest BCUT2D eigenvalue weighted by atomic mass is 16.5. The van der Waals surface area contributed by atoms with E-state index in [-0.39, 0.29) is 0 Å². The number of fused-ring (bicyclic) bond motifs is 1. The lowest BCUT2D eigenvalue weighted by Gasteiger charge is -2.32. The van der Waals surface area contributed by atoms with Crippen molar-refractivity contribution in [1.29, 1.82) is 0 Å². The average molecular weight is 274 g/mol. The average Bonchev–Trinajstić information content (AvgIpc) is 2.93. The van der Waals surface area contributed by atoms with Crippen LogP contribution < -0.4 is 10.1 Å². The number of rotatable bonds is 5. The van der Waals surface area contributed by atoms with Crippen molar-refractivity contribution in [3.8, 4) is 5.75 Å². The van der Waals surface area contributed by atoms with Gasteiger partial charge in [0.05, 0.1) is 6.61 Å². The van der Waals surface area contributed by atoms with Gasteiger partial charge < -0.3 is 15.0 Å². The fourth-order valence-electron chi connectivity index (χ4n) is 3.49. The van der Waals surface area contributed by atoms with Crippen molar-refractivity contribution in [3.05, 3.63) is 29.3 Å². The summed E-state index contributed by atoms with van der Waals surface area (Å²) in [7, 11) is 2.06. The topological polar surface area (TPSA) is 24.5 Å². The first kappa shape index (κ1) is 13.9. The van der Waals surface area contributed by atoms with E-state index < -0.39 is 0 Å². The van der Waals surface area contributed by atoms with Gasteiger partial charge in [0.2, 0.25) is 0 Å². The first-order valence-electron chi connectivity index (χ1n) is 7.96. The summed E-state index contributed by atoms with van der Waals surface area (Å²) in [6.07, 6.45) is 4.98. The van der Waals surface area contributed by atoms with Gasteiger partial charge in [-0.1, -0.05) is 12.1 Å². The molecule has 2 heterocycles. The van der Waals surface area contributed by atoms with Crippen molar-refractivity contribution in [2.45, 2.75) is 25.7 Å². The maximum atomic E-state index is 5.57. The molecule has 1 N–H and O–H groups in total. The lowest BCUT2D eigenvalue weighted by molar-refractivity contribution is 0.175. The van der Waals surface area contributed by atoms with Gasteiger partial charge in [-0.2, -0.15) is 0 Å². The highest BCUT2D eigenvalue weighted by Gasteiger charge is 2.19. The van der Waals surface area contributed by atoms with Crippen molar-refractivity contribution >= 4 is 0 Å². The van der Waals surface area contributed by atoms with Crippen LogP contribution in [0.1, 0.15) is 24.0 Å². The number of nitrogens with one attached hydrogen (secondary N) is 1. The second-order valence-corrected chi connectivity index (χ2v) is 6.16. The van der Waals surface area contributed by atoms with Gasteiger partial charge in [-0.3, -0.25) is 0 Å². The molecule has 1 atom stereocenters. The minimum atomic E-state index is 0.835. The van der Waals surface area contributed by atoms with Crippen LogP contribution >= 0.6 is 0 Å². The third kappa shape index (κ3) is 3.33. The molecule has 1 saturated heterocycles. The molecule has 0 amide bonds. The maximum Gasteiger partial charge on any atom is 0.122 e. The monoisotopic (exact) mass is 274 g/mol. The number of piperidine rings is 1. The van der Waals surface area contributed by atoms with Crippen molar-refractivity contribution in [1.82, 2.24) is 10.2 Å². The zero-order valence-corrected chi connectivity index (χ0v) is 12.5. The predicted octanol–water partition coefficient (Wildman–Crippen LogP) is 2.10. The molecule has 2 aliphatic rings. The molecule has 0 spiro atoms. The molecule has 0 saturated carbocycles. The van der Waals surface area contributed by atoms with Crippen LogP contribution in [0, 0.1) is 5.92 Å². The van der Waals surface area contributed by atoms with Gasteiger partial charge in [-0.25, -0.2) is 0 Å². The van der Waals surface area contributed by atoms with Gasteiger partial charge in [0.1, 0.15) is 5.75 Å². The highest BCUT2D eigenvalue weighted by Crippen LogP contribution is 2.26. The number of likely N-dealkylation sites (tertiary alicyclic amines) is 1. The Hall–Kier alpha value is -1.06. The Labute approximate surface area is 122 Å². The molecule has 3 heteroatoms. The van der Waals surface area contributed by atoms with Crippen LogP contribution in [0.3, 0.4) is 0 Å².